The number of nitrogens with two attached hydrogens (primary N) is 1. The van der Waals surface area contributed by atoms with Gasteiger partial charge in [0.05, 0.1) is 96.8 Å². The van der Waals surface area contributed by atoms with Crippen molar-refractivity contribution < 1.29 is 70.8 Å². The van der Waals surface area contributed by atoms with Gasteiger partial charge in [-0.2, -0.15) is 0 Å². The molecule has 0 unspecified atom stereocenters. The number of nitrogens with zero attached hydrogens (tertiary/aromatic N) is 9. The summed E-state index contributed by atoms with van der Waals surface area (Å²) in [5.74, 6) is 2.41. The third-order valence-corrected chi connectivity index (χ3v) is 29.6. The summed E-state index contributed by atoms with van der Waals surface area (Å²) in [4.78, 5) is 66.1. The lowest BCUT2D eigenvalue weighted by Gasteiger charge is -2.37. The number of rotatable bonds is 23. The first kappa shape index (κ1) is 111. The molecule has 739 valence electrons. The molecule has 15 rings (SSSR count). The number of carbonyl (C=O) groups excluding carboxylic acids is 2. The SMILES string of the molecule is COc1nc(C)ccc1[B]OC(C)(C)C(C)(C)O.COc1nc(CS(=O)(=O)c2ccccc2Cl)ccc1-c1ccc2nc(NC3CCC(N)CC3)ncc2c1C.COc1nc(CS(=O)(=O)c2ccccc2Cl)ccc1-c1ccc2nc(NC3CCC(NC(=O)OC(C)(C)C)CC3)ncc2c1C.Cc1c(Br)ccc2nc(NC3CCC(NC(=O)OC(C)(C)C)CC3)ncc12.O.O.Sc1ccccc1Cl. The largest absolute Gasteiger partial charge is 0.481 e. The molecule has 12 N–H and O–H groups in total. The first-order chi connectivity index (χ1) is 64.3. The van der Waals surface area contributed by atoms with Crippen LogP contribution in [0.15, 0.2) is 183 Å². The van der Waals surface area contributed by atoms with E-state index < -0.39 is 42.1 Å². The molecule has 6 heterocycles. The number of hydrogen-bond donors (Lipinski definition) is 8. The topological polar surface area (TPSA) is 443 Å². The molecule has 3 saturated carbocycles. The van der Waals surface area contributed by atoms with Crippen LogP contribution in [0, 0.1) is 27.7 Å². The maximum Gasteiger partial charge on any atom is 0.407 e. The Hall–Kier alpha value is -10.4. The third-order valence-electron chi connectivity index (χ3n) is 23.6. The Morgan fingerprint density at radius 1 is 0.457 bits per heavy atom. The van der Waals surface area contributed by atoms with E-state index in [1.807, 2.05) is 180 Å². The molecule has 3 fully saturated rings. The van der Waals surface area contributed by atoms with Crippen molar-refractivity contribution in [3.8, 4) is 39.9 Å². The van der Waals surface area contributed by atoms with Crippen molar-refractivity contribution in [1.29, 1.82) is 0 Å². The molecular formula is C100H125BBrCl3N15O15S3. The molecule has 3 aliphatic carbocycles. The number of pyridine rings is 3. The van der Waals surface area contributed by atoms with Gasteiger partial charge in [-0.1, -0.05) is 105 Å². The fourth-order valence-electron chi connectivity index (χ4n) is 15.4. The van der Waals surface area contributed by atoms with Crippen molar-refractivity contribution in [1.82, 2.24) is 55.5 Å². The maximum absolute atomic E-state index is 13.0. The predicted octanol–water partition coefficient (Wildman–Crippen LogP) is 19.3. The van der Waals surface area contributed by atoms with Crippen LogP contribution in [0.25, 0.3) is 55.0 Å². The number of hydrogen-bond acceptors (Lipinski definition) is 27. The number of amides is 2. The molecule has 0 bridgehead atoms. The highest BCUT2D eigenvalue weighted by Gasteiger charge is 2.37. The molecular weight excluding hydrogens is 1940 g/mol. The van der Waals surface area contributed by atoms with Crippen LogP contribution in [0.3, 0.4) is 0 Å². The van der Waals surface area contributed by atoms with Crippen LogP contribution in [0.4, 0.5) is 27.4 Å². The molecule has 30 nitrogen and oxygen atoms in total. The van der Waals surface area contributed by atoms with Gasteiger partial charge in [-0.25, -0.2) is 71.3 Å². The first-order valence-electron chi connectivity index (χ1n) is 45.0. The van der Waals surface area contributed by atoms with E-state index in [2.05, 4.69) is 97.0 Å². The second-order valence-electron chi connectivity index (χ2n) is 36.9. The Labute approximate surface area is 838 Å². The first-order valence-corrected chi connectivity index (χ1v) is 50.6. The van der Waals surface area contributed by atoms with E-state index in [-0.39, 0.29) is 72.6 Å². The number of fused-ring (bicyclic) bond motifs is 3. The summed E-state index contributed by atoms with van der Waals surface area (Å²) in [5, 5.41) is 30.2. The molecule has 0 atom stereocenters. The van der Waals surface area contributed by atoms with Gasteiger partial charge in [0, 0.05) is 103 Å². The van der Waals surface area contributed by atoms with Gasteiger partial charge in [-0.3, -0.25) is 0 Å². The van der Waals surface area contributed by atoms with Gasteiger partial charge in [0.1, 0.15) is 11.2 Å². The smallest absolute Gasteiger partial charge is 0.407 e. The van der Waals surface area contributed by atoms with Gasteiger partial charge >= 0.3 is 19.7 Å². The fraction of sp³-hybridized carbons (Fsp3) is 0.410. The van der Waals surface area contributed by atoms with Gasteiger partial charge < -0.3 is 76.7 Å². The third kappa shape index (κ3) is 31.0. The molecule has 138 heavy (non-hydrogen) atoms. The molecule has 0 spiro atoms. The van der Waals surface area contributed by atoms with Crippen LogP contribution < -0.4 is 52.0 Å². The number of aromatic nitrogens is 9. The summed E-state index contributed by atoms with van der Waals surface area (Å²) in [6.45, 7) is 26.2. The van der Waals surface area contributed by atoms with Gasteiger partial charge in [0.25, 0.3) is 0 Å². The minimum Gasteiger partial charge on any atom is -0.481 e. The van der Waals surface area contributed by atoms with Crippen molar-refractivity contribution in [2.24, 2.45) is 5.73 Å². The lowest BCUT2D eigenvalue weighted by atomic mass is 9.83. The minimum absolute atomic E-state index is 0. The quantitative estimate of drug-likeness (QED) is 0.0218. The van der Waals surface area contributed by atoms with Gasteiger partial charge in [-0.05, 0) is 293 Å². The standard InChI is InChI=1S/C33H38ClN5O5S.C28H30ClN5O3S.C20H27BrN4O2.C13H21BNO3.C6H5ClS.2H2O/c1-20-24(25-15-14-23(36-30(25)43-5)19-45(41,42)29-9-7-6-8-27(29)34)16-17-28-26(20)18-35-31(39-28)37-21-10-12-22(13-11-21)38-32(40)44-33(2,3)4;1-17-21(13-14-25-23(17)15-31-28(34-25)33-19-9-7-18(30)8-10-19)22-12-11-20(32-27(22)37-2)16-38(35,36)26-6-4-3-5-24(26)29;1-12-15-11-22-18(25-17(15)10-9-16(12)21)23-13-5-7-14(8-6-13)24-19(26)27-20(2,3)4;1-9-7-8-10(11(15-9)17-6)14-18-13(4,5)12(2,3)16;7-5-3-1-2-4-6(5)8;;/h6-9,14-18,21-22H,10-13,19H2,1-5H3,(H,38,40)(H,35,37,39);3-6,11-15,18-19H,7-10,16,30H2,1-2H3,(H,31,33,34);9-11,13-14H,5-8H2,1-4H3,(H,24,26)(H,22,23,25);7-8,16H,1-6H3;1-4,8H;2*1H2. The molecule has 6 aromatic carbocycles. The maximum atomic E-state index is 13.0. The summed E-state index contributed by atoms with van der Waals surface area (Å²) < 4.78 is 85.8. The Morgan fingerprint density at radius 3 is 1.17 bits per heavy atom. The van der Waals surface area contributed by atoms with Crippen LogP contribution in [0.5, 0.6) is 17.6 Å². The number of alkyl carbamates (subject to hydrolysis) is 2. The fourth-order valence-corrected chi connectivity index (χ4v) is 19.7. The van der Waals surface area contributed by atoms with Crippen LogP contribution in [-0.2, 0) is 45.3 Å². The number of carbonyl (C=O) groups is 2. The van der Waals surface area contributed by atoms with Crippen LogP contribution in [-0.4, -0.2) is 177 Å². The van der Waals surface area contributed by atoms with E-state index in [1.165, 1.54) is 26.4 Å². The highest BCUT2D eigenvalue weighted by atomic mass is 79.9. The molecule has 38 heteroatoms. The highest BCUT2D eigenvalue weighted by molar-refractivity contribution is 9.10. The van der Waals surface area contributed by atoms with Crippen LogP contribution in [0.2, 0.25) is 15.1 Å². The second-order valence-corrected chi connectivity index (χ2v) is 43.3. The number of sulfone groups is 2. The Morgan fingerprint density at radius 2 is 0.812 bits per heavy atom. The zero-order valence-corrected chi connectivity index (χ0v) is 87.1. The Bertz CT molecular complexity index is 6420. The number of anilines is 3. The average Bonchev–Trinajstić information content (AvgIpc) is 0.777. The number of aryl methyl sites for hydroxylation is 4. The number of benzene rings is 6. The molecule has 2 amide bonds. The van der Waals surface area contributed by atoms with Crippen LogP contribution >= 0.6 is 63.4 Å². The molecule has 0 aliphatic heterocycles. The number of aliphatic hydroxyl groups is 1. The summed E-state index contributed by atoms with van der Waals surface area (Å²) in [5.41, 5.74) is 14.7. The normalized spacial score (nSPS) is 16.6. The van der Waals surface area contributed by atoms with Crippen LogP contribution in [0.1, 0.15) is 180 Å². The molecule has 0 saturated heterocycles. The number of thiol groups is 1. The molecule has 12 aromatic rings. The van der Waals surface area contributed by atoms with E-state index >= 15 is 0 Å². The minimum atomic E-state index is -3.71. The van der Waals surface area contributed by atoms with Gasteiger partial charge in [0.15, 0.2) is 19.7 Å². The molecule has 1 radical (unpaired) electrons. The number of halogens is 4. The molecule has 6 aromatic heterocycles. The number of nitrogens with one attached hydrogen (secondary N) is 5. The number of methoxy groups -OCH3 is 3. The Balaban J connectivity index is 0.000000207. The van der Waals surface area contributed by atoms with Crippen molar-refractivity contribution >= 4 is 159 Å². The second kappa shape index (κ2) is 49.1. The van der Waals surface area contributed by atoms with Gasteiger partial charge in [0.2, 0.25) is 35.5 Å². The lowest BCUT2D eigenvalue weighted by molar-refractivity contribution is -0.0893. The monoisotopic (exact) mass is 2070 g/mol. The zero-order valence-electron chi connectivity index (χ0n) is 80.8. The predicted molar refractivity (Wildman–Crippen MR) is 555 cm³/mol. The number of ether oxygens (including phenoxy) is 5. The van der Waals surface area contributed by atoms with E-state index in [4.69, 9.17) is 78.8 Å². The average molecular weight is 2070 g/mol. The highest BCUT2D eigenvalue weighted by Crippen LogP contribution is 2.40. The summed E-state index contributed by atoms with van der Waals surface area (Å²) in [7, 11) is -1.21. The molecule has 3 aliphatic rings. The summed E-state index contributed by atoms with van der Waals surface area (Å²) in [6.07, 6.45) is 16.0. The summed E-state index contributed by atoms with van der Waals surface area (Å²) in [6, 6.07) is 44.2. The summed E-state index contributed by atoms with van der Waals surface area (Å²) >= 11 is 25.5. The van der Waals surface area contributed by atoms with E-state index in [0.29, 0.717) is 70.0 Å². The zero-order chi connectivity index (χ0) is 98.8. The lowest BCUT2D eigenvalue weighted by Crippen LogP contribution is -2.49. The van der Waals surface area contributed by atoms with Crippen molar-refractivity contribution in [2.45, 2.75) is 259 Å². The van der Waals surface area contributed by atoms with Crippen molar-refractivity contribution in [3.63, 3.8) is 0 Å². The van der Waals surface area contributed by atoms with Crippen molar-refractivity contribution in [3.05, 3.63) is 217 Å². The van der Waals surface area contributed by atoms with Crippen molar-refractivity contribution in [2.75, 3.05) is 37.3 Å². The Kier molecular flexibility index (Phi) is 39.6. The van der Waals surface area contributed by atoms with E-state index in [1.54, 1.807) is 77.0 Å². The van der Waals surface area contributed by atoms with E-state index in [0.717, 1.165) is 169 Å². The van der Waals surface area contributed by atoms with Gasteiger partial charge in [-0.15, -0.1) is 12.6 Å². The van der Waals surface area contributed by atoms with E-state index in [9.17, 15) is 31.5 Å².